The Balaban J connectivity index is 2.01. The molecule has 2 rings (SSSR count). The molecule has 0 aliphatic rings. The van der Waals surface area contributed by atoms with Gasteiger partial charge in [0, 0.05) is 11.7 Å². The number of nitrogens with zero attached hydrogens (tertiary/aromatic N) is 2. The molecule has 0 aliphatic carbocycles. The van der Waals surface area contributed by atoms with E-state index in [-0.39, 0.29) is 11.8 Å². The molecule has 2 N–H and O–H groups in total. The Morgan fingerprint density at radius 3 is 2.84 bits per heavy atom. The first-order chi connectivity index (χ1) is 9.04. The second-order valence-electron chi connectivity index (χ2n) is 4.29. The minimum absolute atomic E-state index is 0.277. The van der Waals surface area contributed by atoms with Crippen LogP contribution >= 0.6 is 15.9 Å². The zero-order chi connectivity index (χ0) is 13.8. The lowest BCUT2D eigenvalue weighted by Gasteiger charge is -2.04. The molecule has 19 heavy (non-hydrogen) atoms. The van der Waals surface area contributed by atoms with E-state index >= 15 is 0 Å². The first kappa shape index (κ1) is 14.0. The first-order valence-corrected chi connectivity index (χ1v) is 6.61. The Bertz CT molecular complexity index is 558. The van der Waals surface area contributed by atoms with Gasteiger partial charge in [0.1, 0.15) is 5.82 Å². The Morgan fingerprint density at radius 1 is 1.37 bits per heavy atom. The molecule has 0 bridgehead atoms. The van der Waals surface area contributed by atoms with Gasteiger partial charge in [0.2, 0.25) is 5.89 Å². The zero-order valence-electron chi connectivity index (χ0n) is 10.6. The largest absolute Gasteiger partial charge is 0.406 e. The summed E-state index contributed by atoms with van der Waals surface area (Å²) in [5.41, 5.74) is 0.667. The van der Waals surface area contributed by atoms with E-state index in [0.717, 1.165) is 0 Å². The second-order valence-corrected chi connectivity index (χ2v) is 5.14. The number of aromatic nitrogens is 2. The van der Waals surface area contributed by atoms with Crippen LogP contribution in [0.5, 0.6) is 0 Å². The summed E-state index contributed by atoms with van der Waals surface area (Å²) in [5.74, 6) is 0.176. The topological polar surface area (TPSA) is 63.0 Å². The maximum absolute atomic E-state index is 13.1. The van der Waals surface area contributed by atoms with E-state index in [0.29, 0.717) is 28.6 Å². The van der Waals surface area contributed by atoms with E-state index in [2.05, 4.69) is 36.8 Å². The summed E-state index contributed by atoms with van der Waals surface area (Å²) in [6.45, 7) is 4.58. The van der Waals surface area contributed by atoms with Crippen molar-refractivity contribution in [3.8, 4) is 0 Å². The number of rotatable bonds is 5. The monoisotopic (exact) mass is 328 g/mol. The Hall–Kier alpha value is -1.47. The highest BCUT2D eigenvalue weighted by Gasteiger charge is 2.07. The molecule has 7 heteroatoms. The van der Waals surface area contributed by atoms with Crippen LogP contribution in [0.1, 0.15) is 19.7 Å². The van der Waals surface area contributed by atoms with E-state index in [1.807, 2.05) is 13.8 Å². The summed E-state index contributed by atoms with van der Waals surface area (Å²) in [5, 5.41) is 13.9. The number of halogens is 2. The van der Waals surface area contributed by atoms with Crippen LogP contribution in [0.25, 0.3) is 0 Å². The van der Waals surface area contributed by atoms with Crippen molar-refractivity contribution in [2.75, 3.05) is 5.32 Å². The van der Waals surface area contributed by atoms with Crippen LogP contribution in [0.2, 0.25) is 0 Å². The lowest BCUT2D eigenvalue weighted by Crippen LogP contribution is -2.21. The first-order valence-electron chi connectivity index (χ1n) is 5.82. The molecule has 0 atom stereocenters. The molecular weight excluding hydrogens is 315 g/mol. The van der Waals surface area contributed by atoms with Crippen molar-refractivity contribution in [1.82, 2.24) is 15.5 Å². The maximum Gasteiger partial charge on any atom is 0.320 e. The third-order valence-electron chi connectivity index (χ3n) is 2.30. The van der Waals surface area contributed by atoms with Crippen molar-refractivity contribution in [3.05, 3.63) is 34.4 Å². The molecule has 102 valence electrons. The fourth-order valence-electron chi connectivity index (χ4n) is 1.36. The van der Waals surface area contributed by atoms with E-state index in [1.54, 1.807) is 12.1 Å². The molecule has 0 unspecified atom stereocenters. The zero-order valence-corrected chi connectivity index (χ0v) is 12.2. The highest BCUT2D eigenvalue weighted by molar-refractivity contribution is 9.10. The highest BCUT2D eigenvalue weighted by Crippen LogP contribution is 2.22. The van der Waals surface area contributed by atoms with Gasteiger partial charge in [0.25, 0.3) is 0 Å². The number of nitrogens with one attached hydrogen (secondary N) is 2. The third kappa shape index (κ3) is 4.00. The molecule has 1 aromatic carbocycles. The molecule has 1 heterocycles. The van der Waals surface area contributed by atoms with Crippen LogP contribution in [-0.4, -0.2) is 16.2 Å². The number of hydrogen-bond acceptors (Lipinski definition) is 5. The highest BCUT2D eigenvalue weighted by atomic mass is 79.9. The lowest BCUT2D eigenvalue weighted by molar-refractivity contribution is 0.460. The van der Waals surface area contributed by atoms with Crippen LogP contribution in [0.3, 0.4) is 0 Å². The van der Waals surface area contributed by atoms with Gasteiger partial charge in [-0.2, -0.15) is 0 Å². The smallest absolute Gasteiger partial charge is 0.320 e. The molecule has 0 aliphatic heterocycles. The average Bonchev–Trinajstić information content (AvgIpc) is 2.79. The maximum atomic E-state index is 13.1. The summed E-state index contributed by atoms with van der Waals surface area (Å²) < 4.78 is 18.9. The van der Waals surface area contributed by atoms with Gasteiger partial charge in [-0.1, -0.05) is 18.9 Å². The Morgan fingerprint density at radius 2 is 2.16 bits per heavy atom. The van der Waals surface area contributed by atoms with Gasteiger partial charge in [-0.15, -0.1) is 5.10 Å². The Kier molecular flexibility index (Phi) is 4.49. The number of anilines is 2. The molecule has 2 aromatic rings. The van der Waals surface area contributed by atoms with Gasteiger partial charge in [-0.3, -0.25) is 0 Å². The standard InChI is InChI=1S/C12H14BrFN4O/c1-7(2)15-6-11-17-18-12(19-11)16-8-3-4-10(14)9(13)5-8/h3-5,7,15H,6H2,1-2H3,(H,16,18). The van der Waals surface area contributed by atoms with Crippen molar-refractivity contribution >= 4 is 27.6 Å². The summed E-state index contributed by atoms with van der Waals surface area (Å²) in [7, 11) is 0. The summed E-state index contributed by atoms with van der Waals surface area (Å²) in [4.78, 5) is 0. The van der Waals surface area contributed by atoms with Crippen LogP contribution in [-0.2, 0) is 6.54 Å². The second kappa shape index (κ2) is 6.12. The summed E-state index contributed by atoms with van der Waals surface area (Å²) in [6.07, 6.45) is 0. The van der Waals surface area contributed by atoms with Crippen molar-refractivity contribution in [2.24, 2.45) is 0 Å². The van der Waals surface area contributed by atoms with Crippen LogP contribution < -0.4 is 10.6 Å². The summed E-state index contributed by atoms with van der Waals surface area (Å²) >= 11 is 3.11. The Labute approximate surface area is 118 Å². The molecular formula is C12H14BrFN4O. The minimum atomic E-state index is -0.321. The van der Waals surface area contributed by atoms with Crippen LogP contribution in [0.15, 0.2) is 27.1 Å². The number of hydrogen-bond donors (Lipinski definition) is 2. The SMILES string of the molecule is CC(C)NCc1nnc(Nc2ccc(F)c(Br)c2)o1. The van der Waals surface area contributed by atoms with Gasteiger partial charge in [-0.25, -0.2) is 4.39 Å². The molecule has 1 aromatic heterocycles. The molecule has 0 saturated heterocycles. The average molecular weight is 329 g/mol. The molecule has 0 spiro atoms. The molecule has 0 radical (unpaired) electrons. The van der Waals surface area contributed by atoms with Crippen molar-refractivity contribution in [2.45, 2.75) is 26.4 Å². The van der Waals surface area contributed by atoms with Gasteiger partial charge >= 0.3 is 6.01 Å². The molecule has 0 amide bonds. The van der Waals surface area contributed by atoms with Crippen LogP contribution in [0, 0.1) is 5.82 Å². The van der Waals surface area contributed by atoms with Crippen molar-refractivity contribution < 1.29 is 8.81 Å². The van der Waals surface area contributed by atoms with Gasteiger partial charge < -0.3 is 15.1 Å². The predicted molar refractivity (Wildman–Crippen MR) is 73.7 cm³/mol. The van der Waals surface area contributed by atoms with Gasteiger partial charge in [-0.05, 0) is 34.1 Å². The lowest BCUT2D eigenvalue weighted by atomic mass is 10.3. The molecule has 5 nitrogen and oxygen atoms in total. The third-order valence-corrected chi connectivity index (χ3v) is 2.91. The summed E-state index contributed by atoms with van der Waals surface area (Å²) in [6, 6.07) is 5.17. The van der Waals surface area contributed by atoms with E-state index in [4.69, 9.17) is 4.42 Å². The van der Waals surface area contributed by atoms with E-state index in [1.165, 1.54) is 6.07 Å². The van der Waals surface area contributed by atoms with Crippen LogP contribution in [0.4, 0.5) is 16.1 Å². The number of benzene rings is 1. The minimum Gasteiger partial charge on any atom is -0.406 e. The molecule has 0 saturated carbocycles. The predicted octanol–water partition coefficient (Wildman–Crippen LogP) is 3.21. The quantitative estimate of drug-likeness (QED) is 0.882. The van der Waals surface area contributed by atoms with Gasteiger partial charge in [0.15, 0.2) is 0 Å². The van der Waals surface area contributed by atoms with E-state index < -0.39 is 0 Å². The van der Waals surface area contributed by atoms with Crippen molar-refractivity contribution in [1.29, 1.82) is 0 Å². The normalized spacial score (nSPS) is 11.0. The van der Waals surface area contributed by atoms with Gasteiger partial charge in [0.05, 0.1) is 11.0 Å². The molecule has 0 fully saturated rings. The fourth-order valence-corrected chi connectivity index (χ4v) is 1.74. The van der Waals surface area contributed by atoms with Crippen molar-refractivity contribution in [3.63, 3.8) is 0 Å². The fraction of sp³-hybridized carbons (Fsp3) is 0.333. The van der Waals surface area contributed by atoms with E-state index in [9.17, 15) is 4.39 Å².